The van der Waals surface area contributed by atoms with E-state index in [-0.39, 0.29) is 17.8 Å². The second-order valence-corrected chi connectivity index (χ2v) is 9.67. The molecular formula is C28H25FN6OS. The zero-order valence-corrected chi connectivity index (χ0v) is 20.9. The minimum atomic E-state index is -0.329. The van der Waals surface area contributed by atoms with Crippen LogP contribution in [0.5, 0.6) is 0 Å². The molecule has 1 atom stereocenters. The molecule has 37 heavy (non-hydrogen) atoms. The van der Waals surface area contributed by atoms with E-state index in [9.17, 15) is 9.18 Å². The maximum atomic E-state index is 13.7. The standard InChI is InChI=1S/C28H25FN6OS/c1-2-23(17-5-3-6-19(29)13-17)35-28(36)21-7-4-12-31-27(21)32-15-20-9-11-25(37-20)18-8-10-24-22(14-18)26(30)34-16-33-24/h3-14,16,23H,2,15H2,1H3,(H,31,32)(H,35,36)(H2,30,33,34). The minimum Gasteiger partial charge on any atom is -0.383 e. The van der Waals surface area contributed by atoms with Crippen LogP contribution in [0, 0.1) is 5.82 Å². The Kier molecular flexibility index (Phi) is 7.04. The van der Waals surface area contributed by atoms with Gasteiger partial charge in [0.1, 0.15) is 23.8 Å². The zero-order chi connectivity index (χ0) is 25.8. The molecule has 5 rings (SSSR count). The van der Waals surface area contributed by atoms with Crippen molar-refractivity contribution >= 4 is 39.8 Å². The molecule has 0 saturated heterocycles. The first-order valence-corrected chi connectivity index (χ1v) is 12.7. The summed E-state index contributed by atoms with van der Waals surface area (Å²) in [5.41, 5.74) is 9.02. The van der Waals surface area contributed by atoms with E-state index in [1.807, 2.05) is 37.3 Å². The first-order chi connectivity index (χ1) is 18.0. The number of carbonyl (C=O) groups is 1. The van der Waals surface area contributed by atoms with Crippen molar-refractivity contribution < 1.29 is 9.18 Å². The molecule has 0 radical (unpaired) electrons. The SMILES string of the molecule is CCC(NC(=O)c1cccnc1NCc1ccc(-c2ccc3ncnc(N)c3c2)s1)c1cccc(F)c1. The van der Waals surface area contributed by atoms with Crippen LogP contribution >= 0.6 is 11.3 Å². The fourth-order valence-corrected chi connectivity index (χ4v) is 5.08. The fourth-order valence-electron chi connectivity index (χ4n) is 4.14. The molecule has 0 aliphatic heterocycles. The van der Waals surface area contributed by atoms with Crippen LogP contribution in [-0.4, -0.2) is 20.9 Å². The van der Waals surface area contributed by atoms with Crippen molar-refractivity contribution in [2.24, 2.45) is 0 Å². The van der Waals surface area contributed by atoms with Crippen LogP contribution in [0.1, 0.15) is 40.2 Å². The van der Waals surface area contributed by atoms with E-state index in [0.29, 0.717) is 30.2 Å². The molecular weight excluding hydrogens is 487 g/mol. The first-order valence-electron chi connectivity index (χ1n) is 11.9. The molecule has 1 unspecified atom stereocenters. The predicted octanol–water partition coefficient (Wildman–Crippen LogP) is 5.97. The van der Waals surface area contributed by atoms with Crippen LogP contribution < -0.4 is 16.4 Å². The van der Waals surface area contributed by atoms with Crippen molar-refractivity contribution in [2.75, 3.05) is 11.1 Å². The number of carbonyl (C=O) groups excluding carboxylic acids is 1. The lowest BCUT2D eigenvalue weighted by molar-refractivity contribution is 0.0936. The van der Waals surface area contributed by atoms with Crippen molar-refractivity contribution in [1.82, 2.24) is 20.3 Å². The highest BCUT2D eigenvalue weighted by molar-refractivity contribution is 7.15. The topological polar surface area (TPSA) is 106 Å². The molecule has 0 fully saturated rings. The van der Waals surface area contributed by atoms with Gasteiger partial charge < -0.3 is 16.4 Å². The number of amides is 1. The number of benzene rings is 2. The van der Waals surface area contributed by atoms with E-state index in [1.54, 1.807) is 35.7 Å². The first kappa shape index (κ1) is 24.3. The van der Waals surface area contributed by atoms with Gasteiger partial charge in [0.05, 0.1) is 23.7 Å². The number of nitrogens with one attached hydrogen (secondary N) is 2. The highest BCUT2D eigenvalue weighted by Crippen LogP contribution is 2.31. The number of hydrogen-bond donors (Lipinski definition) is 3. The van der Waals surface area contributed by atoms with E-state index in [2.05, 4.69) is 31.7 Å². The van der Waals surface area contributed by atoms with Gasteiger partial charge in [-0.1, -0.05) is 25.1 Å². The summed E-state index contributed by atoms with van der Waals surface area (Å²) < 4.78 is 13.7. The van der Waals surface area contributed by atoms with Crippen LogP contribution in [0.15, 0.2) is 79.3 Å². The number of pyridine rings is 1. The van der Waals surface area contributed by atoms with Gasteiger partial charge in [-0.15, -0.1) is 11.3 Å². The lowest BCUT2D eigenvalue weighted by atomic mass is 10.0. The van der Waals surface area contributed by atoms with E-state index in [4.69, 9.17) is 5.73 Å². The third kappa shape index (κ3) is 5.41. The summed E-state index contributed by atoms with van der Waals surface area (Å²) in [6.07, 6.45) is 3.73. The van der Waals surface area contributed by atoms with Gasteiger partial charge in [-0.2, -0.15) is 0 Å². The molecule has 0 bridgehead atoms. The Balaban J connectivity index is 1.30. The van der Waals surface area contributed by atoms with Gasteiger partial charge in [0, 0.05) is 21.3 Å². The largest absolute Gasteiger partial charge is 0.383 e. The van der Waals surface area contributed by atoms with Crippen molar-refractivity contribution in [2.45, 2.75) is 25.9 Å². The van der Waals surface area contributed by atoms with Crippen molar-refractivity contribution in [3.05, 3.63) is 101 Å². The summed E-state index contributed by atoms with van der Waals surface area (Å²) in [5.74, 6) is 0.341. The van der Waals surface area contributed by atoms with Gasteiger partial charge in [-0.05, 0) is 66.1 Å². The minimum absolute atomic E-state index is 0.269. The van der Waals surface area contributed by atoms with E-state index >= 15 is 0 Å². The molecule has 1 amide bonds. The number of rotatable bonds is 8. The Labute approximate surface area is 217 Å². The van der Waals surface area contributed by atoms with E-state index < -0.39 is 0 Å². The molecule has 186 valence electrons. The van der Waals surface area contributed by atoms with E-state index in [0.717, 1.165) is 31.8 Å². The molecule has 5 aromatic rings. The Hall–Kier alpha value is -4.37. The number of nitrogens with zero attached hydrogens (tertiary/aromatic N) is 3. The highest BCUT2D eigenvalue weighted by Gasteiger charge is 2.18. The average molecular weight is 513 g/mol. The lowest BCUT2D eigenvalue weighted by Crippen LogP contribution is -2.29. The second kappa shape index (κ2) is 10.7. The monoisotopic (exact) mass is 512 g/mol. The van der Waals surface area contributed by atoms with Gasteiger partial charge in [0.15, 0.2) is 0 Å². The van der Waals surface area contributed by atoms with Crippen LogP contribution in [-0.2, 0) is 6.54 Å². The maximum absolute atomic E-state index is 13.7. The van der Waals surface area contributed by atoms with Gasteiger partial charge in [-0.25, -0.2) is 19.3 Å². The predicted molar refractivity (Wildman–Crippen MR) is 146 cm³/mol. The van der Waals surface area contributed by atoms with Crippen LogP contribution in [0.2, 0.25) is 0 Å². The molecule has 0 aliphatic rings. The highest BCUT2D eigenvalue weighted by atomic mass is 32.1. The van der Waals surface area contributed by atoms with Crippen LogP contribution in [0.3, 0.4) is 0 Å². The lowest BCUT2D eigenvalue weighted by Gasteiger charge is -2.18. The second-order valence-electron chi connectivity index (χ2n) is 8.50. The Morgan fingerprint density at radius 2 is 1.95 bits per heavy atom. The normalized spacial score (nSPS) is 11.8. The average Bonchev–Trinajstić information content (AvgIpc) is 3.40. The molecule has 7 nitrogen and oxygen atoms in total. The molecule has 0 aliphatic carbocycles. The van der Waals surface area contributed by atoms with Gasteiger partial charge in [0.2, 0.25) is 0 Å². The van der Waals surface area contributed by atoms with Crippen molar-refractivity contribution in [3.63, 3.8) is 0 Å². The van der Waals surface area contributed by atoms with Gasteiger partial charge in [0.25, 0.3) is 5.91 Å². The smallest absolute Gasteiger partial charge is 0.255 e. The zero-order valence-electron chi connectivity index (χ0n) is 20.1. The Bertz CT molecular complexity index is 1570. The van der Waals surface area contributed by atoms with Crippen LogP contribution in [0.4, 0.5) is 16.0 Å². The molecule has 4 N–H and O–H groups in total. The summed E-state index contributed by atoms with van der Waals surface area (Å²) in [5, 5.41) is 7.12. The summed E-state index contributed by atoms with van der Waals surface area (Å²) in [6.45, 7) is 2.45. The number of nitrogen functional groups attached to an aromatic ring is 1. The third-order valence-electron chi connectivity index (χ3n) is 6.06. The number of halogens is 1. The van der Waals surface area contributed by atoms with Crippen LogP contribution in [0.25, 0.3) is 21.3 Å². The van der Waals surface area contributed by atoms with Crippen molar-refractivity contribution in [1.29, 1.82) is 0 Å². The summed E-state index contributed by atoms with van der Waals surface area (Å²) in [4.78, 5) is 28.0. The number of aromatic nitrogens is 3. The molecule has 3 aromatic heterocycles. The van der Waals surface area contributed by atoms with Gasteiger partial charge in [-0.3, -0.25) is 4.79 Å². The van der Waals surface area contributed by atoms with E-state index in [1.165, 1.54) is 18.5 Å². The van der Waals surface area contributed by atoms with Gasteiger partial charge >= 0.3 is 0 Å². The summed E-state index contributed by atoms with van der Waals surface area (Å²) >= 11 is 1.64. The Morgan fingerprint density at radius 3 is 2.78 bits per heavy atom. The number of fused-ring (bicyclic) bond motifs is 1. The number of anilines is 2. The summed E-state index contributed by atoms with van der Waals surface area (Å²) in [7, 11) is 0. The molecule has 2 aromatic carbocycles. The molecule has 3 heterocycles. The maximum Gasteiger partial charge on any atom is 0.255 e. The number of thiophene rings is 1. The molecule has 0 saturated carbocycles. The third-order valence-corrected chi connectivity index (χ3v) is 7.19. The summed E-state index contributed by atoms with van der Waals surface area (Å²) in [6, 6.07) is 19.5. The number of hydrogen-bond acceptors (Lipinski definition) is 7. The fraction of sp³-hybridized carbons (Fsp3) is 0.143. The molecule has 9 heteroatoms. The molecule has 0 spiro atoms. The quantitative estimate of drug-likeness (QED) is 0.237. The number of nitrogens with two attached hydrogens (primary N) is 1. The Morgan fingerprint density at radius 1 is 1.05 bits per heavy atom. The van der Waals surface area contributed by atoms with Crippen molar-refractivity contribution in [3.8, 4) is 10.4 Å².